The molecule has 22 heavy (non-hydrogen) atoms. The summed E-state index contributed by atoms with van der Waals surface area (Å²) in [6.45, 7) is 2.97. The van der Waals surface area contributed by atoms with Crippen molar-refractivity contribution < 1.29 is 24.2 Å². The molecule has 0 radical (unpaired) electrons. The van der Waals surface area contributed by atoms with E-state index in [1.807, 2.05) is 5.32 Å². The van der Waals surface area contributed by atoms with E-state index in [4.69, 9.17) is 4.74 Å². The Morgan fingerprint density at radius 1 is 1.36 bits per heavy atom. The highest BCUT2D eigenvalue weighted by atomic mass is 16.5. The largest absolute Gasteiger partial charge is 0.510 e. The number of nitrogens with zero attached hydrogens (tertiary/aromatic N) is 2. The van der Waals surface area contributed by atoms with Crippen molar-refractivity contribution in [1.82, 2.24) is 5.32 Å². The van der Waals surface area contributed by atoms with Crippen molar-refractivity contribution in [2.24, 2.45) is 10.2 Å². The van der Waals surface area contributed by atoms with Crippen LogP contribution in [0.1, 0.15) is 13.8 Å². The lowest BCUT2D eigenvalue weighted by molar-refractivity contribution is -0.117. The third kappa shape index (κ3) is 5.23. The second kappa shape index (κ2) is 8.40. The highest BCUT2D eigenvalue weighted by molar-refractivity contribution is 6.02. The Labute approximate surface area is 127 Å². The lowest BCUT2D eigenvalue weighted by atomic mass is 10.3. The Kier molecular flexibility index (Phi) is 6.55. The quantitative estimate of drug-likeness (QED) is 0.494. The zero-order valence-corrected chi connectivity index (χ0v) is 12.5. The first kappa shape index (κ1) is 17.2. The number of allylic oxidation sites excluding steroid dienone is 1. The molecule has 0 spiro atoms. The van der Waals surface area contributed by atoms with Gasteiger partial charge in [0.05, 0.1) is 19.4 Å². The average molecular weight is 307 g/mol. The topological polar surface area (TPSA) is 110 Å². The summed E-state index contributed by atoms with van der Waals surface area (Å²) < 4.78 is 9.60. The fourth-order valence-electron chi connectivity index (χ4n) is 1.38. The number of ether oxygens (including phenoxy) is 2. The van der Waals surface area contributed by atoms with E-state index in [1.54, 1.807) is 31.2 Å². The minimum atomic E-state index is -0.928. The maximum absolute atomic E-state index is 11.8. The minimum absolute atomic E-state index is 0.113. The Hall–Kier alpha value is -2.90. The zero-order chi connectivity index (χ0) is 16.5. The predicted molar refractivity (Wildman–Crippen MR) is 78.0 cm³/mol. The number of aliphatic hydroxyl groups excluding tert-OH is 1. The van der Waals surface area contributed by atoms with Crippen molar-refractivity contribution in [3.05, 3.63) is 35.7 Å². The molecule has 0 aliphatic carbocycles. The zero-order valence-electron chi connectivity index (χ0n) is 12.5. The van der Waals surface area contributed by atoms with Gasteiger partial charge in [-0.1, -0.05) is 6.07 Å². The fourth-order valence-corrected chi connectivity index (χ4v) is 1.38. The summed E-state index contributed by atoms with van der Waals surface area (Å²) in [5.41, 5.74) is 0.0258. The van der Waals surface area contributed by atoms with E-state index in [0.29, 0.717) is 11.4 Å². The van der Waals surface area contributed by atoms with Crippen LogP contribution in [0, 0.1) is 0 Å². The number of hydrogen-bond donors (Lipinski definition) is 2. The highest BCUT2D eigenvalue weighted by Crippen LogP contribution is 2.20. The number of azo groups is 1. The van der Waals surface area contributed by atoms with Gasteiger partial charge in [0.1, 0.15) is 11.5 Å². The fraction of sp³-hybridized carbons (Fsp3) is 0.286. The third-order valence-corrected chi connectivity index (χ3v) is 2.37. The van der Waals surface area contributed by atoms with E-state index in [0.717, 1.165) is 0 Å². The molecule has 0 atom stereocenters. The first-order chi connectivity index (χ1) is 10.5. The number of carbonyl (C=O) groups excluding carboxylic acids is 2. The summed E-state index contributed by atoms with van der Waals surface area (Å²) in [6.07, 6.45) is -0.928. The molecule has 8 heteroatoms. The van der Waals surface area contributed by atoms with Crippen molar-refractivity contribution in [3.63, 3.8) is 0 Å². The second-order valence-corrected chi connectivity index (χ2v) is 4.01. The molecule has 1 aromatic rings. The Bertz CT molecular complexity index is 606. The van der Waals surface area contributed by atoms with Gasteiger partial charge in [-0.3, -0.25) is 10.1 Å². The van der Waals surface area contributed by atoms with Gasteiger partial charge < -0.3 is 14.6 Å². The third-order valence-electron chi connectivity index (χ3n) is 2.37. The standard InChI is InChI=1S/C14H17N3O5/c1-4-22-14(20)15-13(19)12(9(2)18)17-16-10-6-5-7-11(8-10)21-3/h5-8,18H,4H2,1-3H3,(H,15,19,20)/b12-9-,17-16?. The van der Waals surface area contributed by atoms with Gasteiger partial charge in [-0.2, -0.15) is 5.11 Å². The lowest BCUT2D eigenvalue weighted by Gasteiger charge is -2.04. The summed E-state index contributed by atoms with van der Waals surface area (Å²) >= 11 is 0. The van der Waals surface area contributed by atoms with E-state index >= 15 is 0 Å². The van der Waals surface area contributed by atoms with Crippen molar-refractivity contribution in [1.29, 1.82) is 0 Å². The molecule has 0 aromatic heterocycles. The number of hydrogen-bond acceptors (Lipinski definition) is 7. The number of carbonyl (C=O) groups is 2. The van der Waals surface area contributed by atoms with E-state index in [2.05, 4.69) is 15.0 Å². The molecule has 1 aromatic carbocycles. The van der Waals surface area contributed by atoms with Crippen LogP contribution in [0.5, 0.6) is 5.75 Å². The normalized spacial score (nSPS) is 11.8. The second-order valence-electron chi connectivity index (χ2n) is 4.01. The Morgan fingerprint density at radius 3 is 2.68 bits per heavy atom. The predicted octanol–water partition coefficient (Wildman–Crippen LogP) is 2.84. The van der Waals surface area contributed by atoms with Gasteiger partial charge in [-0.05, 0) is 26.0 Å². The van der Waals surface area contributed by atoms with Crippen LogP contribution in [0.4, 0.5) is 10.5 Å². The SMILES string of the molecule is CCOC(=O)NC(=O)/C(N=Nc1cccc(OC)c1)=C(\C)O. The van der Waals surface area contributed by atoms with Crippen LogP contribution in [0.2, 0.25) is 0 Å². The monoisotopic (exact) mass is 307 g/mol. The van der Waals surface area contributed by atoms with Crippen LogP contribution < -0.4 is 10.1 Å². The van der Waals surface area contributed by atoms with Crippen LogP contribution in [0.25, 0.3) is 0 Å². The maximum Gasteiger partial charge on any atom is 0.414 e. The van der Waals surface area contributed by atoms with Gasteiger partial charge in [0.15, 0.2) is 5.70 Å². The molecule has 0 aliphatic heterocycles. The summed E-state index contributed by atoms with van der Waals surface area (Å²) in [6, 6.07) is 6.65. The molecule has 8 nitrogen and oxygen atoms in total. The molecule has 0 heterocycles. The van der Waals surface area contributed by atoms with Gasteiger partial charge >= 0.3 is 6.09 Å². The van der Waals surface area contributed by atoms with Crippen LogP contribution in [0.3, 0.4) is 0 Å². The molecule has 0 unspecified atom stereocenters. The molecular weight excluding hydrogens is 290 g/mol. The molecule has 0 saturated heterocycles. The summed E-state index contributed by atoms with van der Waals surface area (Å²) in [5, 5.41) is 18.9. The molecule has 0 fully saturated rings. The number of methoxy groups -OCH3 is 1. The molecule has 0 aliphatic rings. The number of alkyl carbamates (subject to hydrolysis) is 1. The van der Waals surface area contributed by atoms with Crippen molar-refractivity contribution >= 4 is 17.7 Å². The van der Waals surface area contributed by atoms with Gasteiger partial charge in [-0.15, -0.1) is 5.11 Å². The van der Waals surface area contributed by atoms with Gasteiger partial charge in [-0.25, -0.2) is 4.79 Å². The molecule has 2 amide bonds. The number of imide groups is 1. The smallest absolute Gasteiger partial charge is 0.414 e. The summed E-state index contributed by atoms with van der Waals surface area (Å²) in [4.78, 5) is 23.0. The van der Waals surface area contributed by atoms with Crippen molar-refractivity contribution in [3.8, 4) is 5.75 Å². The van der Waals surface area contributed by atoms with E-state index in [1.165, 1.54) is 14.0 Å². The van der Waals surface area contributed by atoms with Crippen LogP contribution in [-0.2, 0) is 9.53 Å². The molecule has 118 valence electrons. The lowest BCUT2D eigenvalue weighted by Crippen LogP contribution is -2.32. The van der Waals surface area contributed by atoms with Crippen molar-refractivity contribution in [2.45, 2.75) is 13.8 Å². The van der Waals surface area contributed by atoms with Gasteiger partial charge in [0.2, 0.25) is 0 Å². The van der Waals surface area contributed by atoms with Crippen LogP contribution in [-0.4, -0.2) is 30.8 Å². The number of benzene rings is 1. The Balaban J connectivity index is 2.89. The summed E-state index contributed by atoms with van der Waals surface area (Å²) in [5.74, 6) is -0.725. The first-order valence-corrected chi connectivity index (χ1v) is 6.41. The number of aliphatic hydroxyl groups is 1. The van der Waals surface area contributed by atoms with Crippen LogP contribution >= 0.6 is 0 Å². The van der Waals surface area contributed by atoms with Gasteiger partial charge in [0.25, 0.3) is 5.91 Å². The minimum Gasteiger partial charge on any atom is -0.510 e. The molecule has 1 rings (SSSR count). The maximum atomic E-state index is 11.8. The van der Waals surface area contributed by atoms with Crippen LogP contribution in [0.15, 0.2) is 46.0 Å². The molecular formula is C14H17N3O5. The van der Waals surface area contributed by atoms with E-state index in [9.17, 15) is 14.7 Å². The number of amides is 2. The highest BCUT2D eigenvalue weighted by Gasteiger charge is 2.16. The molecule has 0 saturated carbocycles. The molecule has 0 bridgehead atoms. The first-order valence-electron chi connectivity index (χ1n) is 6.41. The summed E-state index contributed by atoms with van der Waals surface area (Å²) in [7, 11) is 1.51. The Morgan fingerprint density at radius 2 is 2.09 bits per heavy atom. The average Bonchev–Trinajstić information content (AvgIpc) is 2.47. The van der Waals surface area contributed by atoms with E-state index in [-0.39, 0.29) is 12.4 Å². The number of rotatable bonds is 5. The van der Waals surface area contributed by atoms with Crippen molar-refractivity contribution in [2.75, 3.05) is 13.7 Å². The molecule has 2 N–H and O–H groups in total. The van der Waals surface area contributed by atoms with Gasteiger partial charge in [0, 0.05) is 6.07 Å². The number of nitrogens with one attached hydrogen (secondary N) is 1. The van der Waals surface area contributed by atoms with E-state index < -0.39 is 17.7 Å².